The van der Waals surface area contributed by atoms with Gasteiger partial charge in [-0.15, -0.1) is 4.91 Å². The number of aromatic nitrogens is 4. The van der Waals surface area contributed by atoms with Gasteiger partial charge >= 0.3 is 0 Å². The molecule has 16 heteroatoms. The largest absolute Gasteiger partial charge is 0.390 e. The van der Waals surface area contributed by atoms with E-state index in [2.05, 4.69) is 61.1 Å². The second-order valence-electron chi connectivity index (χ2n) is 18.9. The Labute approximate surface area is 384 Å². The number of benzene rings is 3. The maximum Gasteiger partial charge on any atom is 0.267 e. The Balaban J connectivity index is 0.950. The number of pyridine rings is 1. The molecule has 4 N–H and O–H groups in total. The maximum absolute atomic E-state index is 14.2. The molecule has 0 unspecified atom stereocenters. The minimum atomic E-state index is -4.46. The summed E-state index contributed by atoms with van der Waals surface area (Å²) >= 11 is 6.27. The van der Waals surface area contributed by atoms with Crippen LogP contribution in [0.1, 0.15) is 88.1 Å². The highest BCUT2D eigenvalue weighted by Crippen LogP contribution is 2.44. The van der Waals surface area contributed by atoms with Gasteiger partial charge in [-0.25, -0.2) is 23.1 Å². The Hall–Kier alpha value is -5.61. The first-order chi connectivity index (χ1) is 31.2. The zero-order valence-corrected chi connectivity index (χ0v) is 38.7. The summed E-state index contributed by atoms with van der Waals surface area (Å²) in [6.45, 7) is 11.3. The lowest BCUT2D eigenvalue weighted by molar-refractivity contribution is -0.0109. The van der Waals surface area contributed by atoms with Gasteiger partial charge in [0.05, 0.1) is 33.0 Å². The lowest BCUT2D eigenvalue weighted by atomic mass is 9.72. The van der Waals surface area contributed by atoms with Crippen molar-refractivity contribution in [3.8, 4) is 5.69 Å². The first-order valence-electron chi connectivity index (χ1n) is 22.6. The normalized spacial score (nSPS) is 20.6. The lowest BCUT2D eigenvalue weighted by Crippen LogP contribution is -2.47. The van der Waals surface area contributed by atoms with Crippen molar-refractivity contribution in [1.82, 2.24) is 29.4 Å². The Kier molecular flexibility index (Phi) is 12.3. The fourth-order valence-corrected chi connectivity index (χ4v) is 10.9. The highest BCUT2D eigenvalue weighted by atomic mass is 35.5. The number of fused-ring (bicyclic) bond motifs is 2. The Morgan fingerprint density at radius 3 is 2.49 bits per heavy atom. The smallest absolute Gasteiger partial charge is 0.267 e. The molecule has 0 bridgehead atoms. The predicted molar refractivity (Wildman–Crippen MR) is 258 cm³/mol. The molecule has 1 saturated heterocycles. The number of carbonyl (C=O) groups excluding carboxylic acids is 1. The number of aliphatic hydroxyl groups is 1. The number of sulfonamides is 1. The van der Waals surface area contributed by atoms with Crippen molar-refractivity contribution in [2.24, 2.45) is 16.5 Å². The van der Waals surface area contributed by atoms with Gasteiger partial charge in [0.25, 0.3) is 15.9 Å². The minimum Gasteiger partial charge on any atom is -0.390 e. The van der Waals surface area contributed by atoms with Gasteiger partial charge in [0, 0.05) is 67.8 Å². The summed E-state index contributed by atoms with van der Waals surface area (Å²) < 4.78 is 31.8. The molecule has 1 aliphatic heterocycles. The van der Waals surface area contributed by atoms with Crippen LogP contribution in [-0.2, 0) is 10.0 Å². The van der Waals surface area contributed by atoms with Crippen molar-refractivity contribution in [2.75, 3.05) is 49.5 Å². The molecule has 0 radical (unpaired) electrons. The topological polar surface area (TPSA) is 178 Å². The second kappa shape index (κ2) is 18.0. The number of H-pyrrole nitrogens is 1. The monoisotopic (exact) mass is 917 g/mol. The number of rotatable bonds is 13. The molecule has 3 aliphatic rings. The van der Waals surface area contributed by atoms with Gasteiger partial charge in [0.1, 0.15) is 11.2 Å². The van der Waals surface area contributed by atoms with Gasteiger partial charge < -0.3 is 15.3 Å². The molecule has 0 spiro atoms. The summed E-state index contributed by atoms with van der Waals surface area (Å²) in [4.78, 5) is 39.8. The van der Waals surface area contributed by atoms with Crippen molar-refractivity contribution in [1.29, 1.82) is 0 Å². The van der Waals surface area contributed by atoms with Gasteiger partial charge in [0.15, 0.2) is 5.65 Å². The van der Waals surface area contributed by atoms with Crippen molar-refractivity contribution in [3.05, 3.63) is 112 Å². The number of nitroso groups, excluding NO2 is 1. The highest BCUT2D eigenvalue weighted by Gasteiger charge is 2.33. The van der Waals surface area contributed by atoms with E-state index in [0.29, 0.717) is 59.8 Å². The summed E-state index contributed by atoms with van der Waals surface area (Å²) in [5.41, 5.74) is 7.41. The van der Waals surface area contributed by atoms with Gasteiger partial charge in [-0.1, -0.05) is 50.1 Å². The number of piperazine rings is 1. The summed E-state index contributed by atoms with van der Waals surface area (Å²) in [6, 6.07) is 21.5. The van der Waals surface area contributed by atoms with Crippen LogP contribution in [0.3, 0.4) is 0 Å². The summed E-state index contributed by atoms with van der Waals surface area (Å²) in [5, 5.41) is 21.8. The molecule has 1 amide bonds. The Morgan fingerprint density at radius 2 is 1.75 bits per heavy atom. The first kappa shape index (κ1) is 44.6. The zero-order valence-electron chi connectivity index (χ0n) is 37.1. The third-order valence-electron chi connectivity index (χ3n) is 13.9. The number of nitrogens with one attached hydrogen (secondary N) is 3. The van der Waals surface area contributed by atoms with Crippen LogP contribution in [0.5, 0.6) is 0 Å². The SMILES string of the molecule is CCC1(O)CCC(CNc2ccc(S(=O)(=O)NC(=O)c3ccc(N4CCN(CC5=C(c6ccc(Cl)cc6)CC(C)(C)CC5)CC4)cc3-n3[nH]cc4nc5nccc5cc43)cc2N=O)CC1. The molecule has 6 aromatic rings. The van der Waals surface area contributed by atoms with Crippen LogP contribution in [0, 0.1) is 16.2 Å². The molecular weight excluding hydrogens is 862 g/mol. The lowest BCUT2D eigenvalue weighted by Gasteiger charge is -2.39. The van der Waals surface area contributed by atoms with E-state index < -0.39 is 21.5 Å². The number of allylic oxidation sites excluding steroid dienone is 1. The average Bonchev–Trinajstić information content (AvgIpc) is 3.95. The fraction of sp³-hybridized carbons (Fsp3) is 0.408. The van der Waals surface area contributed by atoms with E-state index >= 15 is 0 Å². The number of amides is 1. The van der Waals surface area contributed by atoms with Crippen molar-refractivity contribution >= 4 is 72.2 Å². The fourth-order valence-electron chi connectivity index (χ4n) is 9.77. The number of anilines is 2. The Morgan fingerprint density at radius 1 is 0.985 bits per heavy atom. The summed E-state index contributed by atoms with van der Waals surface area (Å²) in [7, 11) is -4.46. The molecule has 3 aromatic heterocycles. The zero-order chi connectivity index (χ0) is 45.5. The maximum atomic E-state index is 14.2. The molecule has 340 valence electrons. The molecule has 3 aromatic carbocycles. The van der Waals surface area contributed by atoms with Crippen LogP contribution < -0.4 is 14.9 Å². The minimum absolute atomic E-state index is 0.0815. The van der Waals surface area contributed by atoms with Crippen molar-refractivity contribution < 1.29 is 18.3 Å². The average molecular weight is 919 g/mol. The van der Waals surface area contributed by atoms with Crippen molar-refractivity contribution in [2.45, 2.75) is 82.6 Å². The van der Waals surface area contributed by atoms with E-state index in [0.717, 1.165) is 80.9 Å². The van der Waals surface area contributed by atoms with Crippen LogP contribution in [0.15, 0.2) is 101 Å². The quantitative estimate of drug-likeness (QED) is 0.0816. The van der Waals surface area contributed by atoms with Gasteiger partial charge in [0.2, 0.25) is 0 Å². The van der Waals surface area contributed by atoms with Crippen LogP contribution in [0.2, 0.25) is 5.02 Å². The van der Waals surface area contributed by atoms with E-state index in [1.54, 1.807) is 23.1 Å². The predicted octanol–water partition coefficient (Wildman–Crippen LogP) is 9.60. The number of hydrogen-bond donors (Lipinski definition) is 4. The number of halogens is 1. The summed E-state index contributed by atoms with van der Waals surface area (Å²) in [6.07, 6.45) is 10.5. The van der Waals surface area contributed by atoms with Gasteiger partial charge in [-0.05, 0) is 140 Å². The van der Waals surface area contributed by atoms with E-state index in [-0.39, 0.29) is 21.6 Å². The molecular formula is C49H56ClN9O5S. The highest BCUT2D eigenvalue weighted by molar-refractivity contribution is 7.90. The number of carbonyl (C=O) groups is 1. The molecule has 9 rings (SSSR count). The molecule has 65 heavy (non-hydrogen) atoms. The standard InChI is InChI=1S/C49H56ClN9O5S/c1-4-49(61)18-13-32(14-19-49)29-52-41-12-10-38(27-42(41)55-62)65(63,64)56-47(60)39-11-9-37(26-44(39)59-45-25-34-16-20-51-46(34)54-43(45)30-53-59)58-23-21-57(22-24-58)31-35-15-17-48(2,3)28-40(35)33-5-7-36(50)8-6-33/h5-12,16,20,25-27,30,32,52-53,61H,4,13-15,17-19,21-24,28-29,31H2,1-3H3,(H,56,60). The van der Waals surface area contributed by atoms with E-state index in [1.165, 1.54) is 34.9 Å². The van der Waals surface area contributed by atoms with E-state index in [4.69, 9.17) is 16.6 Å². The molecule has 2 aliphatic carbocycles. The Bertz CT molecular complexity index is 2890. The van der Waals surface area contributed by atoms with E-state index in [9.17, 15) is 23.2 Å². The third-order valence-corrected chi connectivity index (χ3v) is 15.5. The summed E-state index contributed by atoms with van der Waals surface area (Å²) in [5.74, 6) is -0.554. The van der Waals surface area contributed by atoms with Gasteiger partial charge in [-0.3, -0.25) is 19.5 Å². The number of nitrogens with zero attached hydrogens (tertiary/aromatic N) is 6. The van der Waals surface area contributed by atoms with Crippen molar-refractivity contribution in [3.63, 3.8) is 0 Å². The van der Waals surface area contributed by atoms with Gasteiger partial charge in [-0.2, -0.15) is 0 Å². The molecule has 14 nitrogen and oxygen atoms in total. The number of hydrogen-bond acceptors (Lipinski definition) is 11. The number of aromatic amines is 1. The molecule has 2 fully saturated rings. The second-order valence-corrected chi connectivity index (χ2v) is 21.0. The van der Waals surface area contributed by atoms with Crippen LogP contribution >= 0.6 is 11.6 Å². The molecule has 0 atom stereocenters. The van der Waals surface area contributed by atoms with Crippen LogP contribution in [0.25, 0.3) is 33.3 Å². The first-order valence-corrected chi connectivity index (χ1v) is 24.5. The molecule has 4 heterocycles. The molecule has 1 saturated carbocycles. The third kappa shape index (κ3) is 9.56. The van der Waals surface area contributed by atoms with Crippen LogP contribution in [0.4, 0.5) is 17.1 Å². The van der Waals surface area contributed by atoms with E-state index in [1.807, 2.05) is 43.3 Å². The van der Waals surface area contributed by atoms with Crippen LogP contribution in [-0.4, -0.2) is 88.9 Å².